The first-order valence-corrected chi connectivity index (χ1v) is 10.1. The molecule has 1 aromatic rings. The summed E-state index contributed by atoms with van der Waals surface area (Å²) < 4.78 is 0. The minimum atomic E-state index is -0.879. The molecule has 2 aliphatic rings. The van der Waals surface area contributed by atoms with Gasteiger partial charge in [0.05, 0.1) is 12.5 Å². The summed E-state index contributed by atoms with van der Waals surface area (Å²) in [5, 5.41) is 12.2. The van der Waals surface area contributed by atoms with Gasteiger partial charge < -0.3 is 10.2 Å². The Morgan fingerprint density at radius 2 is 2.26 bits per heavy atom. The van der Waals surface area contributed by atoms with E-state index in [-0.39, 0.29) is 25.4 Å². The van der Waals surface area contributed by atoms with E-state index >= 15 is 0 Å². The molecule has 142 valence electrons. The quantitative estimate of drug-likeness (QED) is 0.757. The van der Waals surface area contributed by atoms with Crippen molar-refractivity contribution in [1.29, 1.82) is 5.26 Å². The van der Waals surface area contributed by atoms with Crippen molar-refractivity contribution in [3.8, 4) is 6.07 Å². The van der Waals surface area contributed by atoms with Crippen LogP contribution < -0.4 is 10.2 Å². The van der Waals surface area contributed by atoms with Gasteiger partial charge in [0.25, 0.3) is 5.91 Å². The Hall–Kier alpha value is -2.24. The number of halogens is 1. The van der Waals surface area contributed by atoms with Gasteiger partial charge in [-0.2, -0.15) is 17.0 Å². The minimum Gasteiger partial charge on any atom is -0.322 e. The second-order valence-corrected chi connectivity index (χ2v) is 8.11. The number of thioether (sulfide) groups is 1. The smallest absolute Gasteiger partial charge is 0.322 e. The molecule has 1 N–H and O–H groups in total. The van der Waals surface area contributed by atoms with Crippen LogP contribution in [0, 0.1) is 18.3 Å². The average molecular weight is 407 g/mol. The SMILES string of the molecule is Cc1cc(N(CCC#N)C(=O)CN2C(=O)NC3(CCSC3)C2=O)ccc1Cl. The maximum Gasteiger partial charge on any atom is 0.325 e. The van der Waals surface area contributed by atoms with E-state index in [0.29, 0.717) is 22.9 Å². The monoisotopic (exact) mass is 406 g/mol. The number of imide groups is 1. The third-order valence-corrected chi connectivity index (χ3v) is 6.38. The number of hydrogen-bond donors (Lipinski definition) is 1. The first-order valence-electron chi connectivity index (χ1n) is 8.53. The molecule has 1 spiro atoms. The van der Waals surface area contributed by atoms with E-state index in [9.17, 15) is 14.4 Å². The zero-order valence-corrected chi connectivity index (χ0v) is 16.4. The largest absolute Gasteiger partial charge is 0.325 e. The third-order valence-electron chi connectivity index (χ3n) is 4.76. The van der Waals surface area contributed by atoms with Crippen molar-refractivity contribution in [3.63, 3.8) is 0 Å². The van der Waals surface area contributed by atoms with Crippen molar-refractivity contribution in [2.24, 2.45) is 0 Å². The fourth-order valence-electron chi connectivity index (χ4n) is 3.23. The number of urea groups is 1. The summed E-state index contributed by atoms with van der Waals surface area (Å²) in [4.78, 5) is 40.3. The highest BCUT2D eigenvalue weighted by Gasteiger charge is 2.53. The van der Waals surface area contributed by atoms with Gasteiger partial charge in [-0.1, -0.05) is 11.6 Å². The molecule has 7 nitrogen and oxygen atoms in total. The number of nitrogens with one attached hydrogen (secondary N) is 1. The lowest BCUT2D eigenvalue weighted by Gasteiger charge is -2.25. The van der Waals surface area contributed by atoms with Gasteiger partial charge >= 0.3 is 6.03 Å². The summed E-state index contributed by atoms with van der Waals surface area (Å²) in [6.45, 7) is 1.63. The highest BCUT2D eigenvalue weighted by atomic mass is 35.5. The number of aryl methyl sites for hydroxylation is 1. The van der Waals surface area contributed by atoms with Crippen LogP contribution in [0.5, 0.6) is 0 Å². The summed E-state index contributed by atoms with van der Waals surface area (Å²) in [5.41, 5.74) is 0.493. The zero-order valence-electron chi connectivity index (χ0n) is 14.8. The Morgan fingerprint density at radius 1 is 1.48 bits per heavy atom. The summed E-state index contributed by atoms with van der Waals surface area (Å²) in [6, 6.07) is 6.59. The van der Waals surface area contributed by atoms with Crippen molar-refractivity contribution >= 4 is 46.9 Å². The van der Waals surface area contributed by atoms with E-state index in [2.05, 4.69) is 5.32 Å². The van der Waals surface area contributed by atoms with E-state index in [4.69, 9.17) is 16.9 Å². The van der Waals surface area contributed by atoms with E-state index in [0.717, 1.165) is 16.2 Å². The summed E-state index contributed by atoms with van der Waals surface area (Å²) in [7, 11) is 0. The lowest BCUT2D eigenvalue weighted by atomic mass is 9.99. The number of carbonyl (C=O) groups excluding carboxylic acids is 3. The molecule has 1 unspecified atom stereocenters. The van der Waals surface area contributed by atoms with Crippen molar-refractivity contribution < 1.29 is 14.4 Å². The third kappa shape index (κ3) is 3.75. The number of hydrogen-bond acceptors (Lipinski definition) is 5. The summed E-state index contributed by atoms with van der Waals surface area (Å²) >= 11 is 7.66. The van der Waals surface area contributed by atoms with E-state index in [1.807, 2.05) is 13.0 Å². The Morgan fingerprint density at radius 3 is 2.89 bits per heavy atom. The standard InChI is InChI=1S/C18H19ClN4O3S/c1-12-9-13(3-4-14(12)19)22(7-2-6-20)15(24)10-23-16(25)18(21-17(23)26)5-8-27-11-18/h3-4,9H,2,5,7-8,10-11H2,1H3,(H,21,26). The molecule has 1 aromatic carbocycles. The minimum absolute atomic E-state index is 0.133. The van der Waals surface area contributed by atoms with Crippen LogP contribution in [-0.4, -0.2) is 52.9 Å². The summed E-state index contributed by atoms with van der Waals surface area (Å²) in [5.74, 6) is 0.555. The van der Waals surface area contributed by atoms with Crippen molar-refractivity contribution in [3.05, 3.63) is 28.8 Å². The molecule has 3 rings (SSSR count). The molecule has 2 fully saturated rings. The number of carbonyl (C=O) groups is 3. The van der Waals surface area contributed by atoms with Gasteiger partial charge in [-0.05, 0) is 42.9 Å². The first-order chi connectivity index (χ1) is 12.9. The number of nitrogens with zero attached hydrogens (tertiary/aromatic N) is 3. The number of benzene rings is 1. The number of rotatable bonds is 5. The zero-order chi connectivity index (χ0) is 19.6. The van der Waals surface area contributed by atoms with Crippen LogP contribution in [0.15, 0.2) is 18.2 Å². The van der Waals surface area contributed by atoms with Gasteiger partial charge in [-0.3, -0.25) is 14.5 Å². The molecule has 0 radical (unpaired) electrons. The molecule has 0 bridgehead atoms. The second-order valence-electron chi connectivity index (χ2n) is 6.59. The van der Waals surface area contributed by atoms with Gasteiger partial charge in [-0.25, -0.2) is 4.79 Å². The maximum atomic E-state index is 12.9. The van der Waals surface area contributed by atoms with E-state index < -0.39 is 17.5 Å². The van der Waals surface area contributed by atoms with Crippen LogP contribution in [0.4, 0.5) is 10.5 Å². The molecule has 0 aromatic heterocycles. The van der Waals surface area contributed by atoms with Crippen LogP contribution in [-0.2, 0) is 9.59 Å². The fourth-order valence-corrected chi connectivity index (χ4v) is 4.67. The Labute approximate surface area is 166 Å². The highest BCUT2D eigenvalue weighted by molar-refractivity contribution is 7.99. The lowest BCUT2D eigenvalue weighted by Crippen LogP contribution is -2.48. The second kappa shape index (κ2) is 7.79. The maximum absolute atomic E-state index is 12.9. The highest BCUT2D eigenvalue weighted by Crippen LogP contribution is 2.33. The van der Waals surface area contributed by atoms with Gasteiger partial charge in [0.2, 0.25) is 5.91 Å². The fraction of sp³-hybridized carbons (Fsp3) is 0.444. The Balaban J connectivity index is 1.80. The molecular weight excluding hydrogens is 388 g/mol. The predicted octanol–water partition coefficient (Wildman–Crippen LogP) is 2.32. The van der Waals surface area contributed by atoms with Crippen LogP contribution >= 0.6 is 23.4 Å². The predicted molar refractivity (Wildman–Crippen MR) is 104 cm³/mol. The molecule has 4 amide bonds. The van der Waals surface area contributed by atoms with Gasteiger partial charge in [0.1, 0.15) is 12.1 Å². The Bertz CT molecular complexity index is 832. The molecule has 1 atom stereocenters. The number of amides is 4. The van der Waals surface area contributed by atoms with Crippen LogP contribution in [0.1, 0.15) is 18.4 Å². The van der Waals surface area contributed by atoms with Crippen molar-refractivity contribution in [1.82, 2.24) is 10.2 Å². The molecular formula is C18H19ClN4O3S. The van der Waals surface area contributed by atoms with E-state index in [1.165, 1.54) is 4.90 Å². The molecule has 2 saturated heterocycles. The van der Waals surface area contributed by atoms with Crippen LogP contribution in [0.2, 0.25) is 5.02 Å². The number of nitriles is 1. The normalized spacial score (nSPS) is 21.4. The van der Waals surface area contributed by atoms with Crippen LogP contribution in [0.3, 0.4) is 0 Å². The number of anilines is 1. The molecule has 2 heterocycles. The molecule has 0 aliphatic carbocycles. The lowest BCUT2D eigenvalue weighted by molar-refractivity contribution is -0.133. The van der Waals surface area contributed by atoms with E-state index in [1.54, 1.807) is 30.0 Å². The van der Waals surface area contributed by atoms with Crippen molar-refractivity contribution in [2.75, 3.05) is 29.5 Å². The average Bonchev–Trinajstić information content (AvgIpc) is 3.19. The van der Waals surface area contributed by atoms with Gasteiger partial charge in [0, 0.05) is 23.0 Å². The van der Waals surface area contributed by atoms with Crippen molar-refractivity contribution in [2.45, 2.75) is 25.3 Å². The van der Waals surface area contributed by atoms with Gasteiger partial charge in [0.15, 0.2) is 0 Å². The van der Waals surface area contributed by atoms with Crippen LogP contribution in [0.25, 0.3) is 0 Å². The molecule has 9 heteroatoms. The molecule has 2 aliphatic heterocycles. The molecule has 0 saturated carbocycles. The Kier molecular flexibility index (Phi) is 5.63. The summed E-state index contributed by atoms with van der Waals surface area (Å²) in [6.07, 6.45) is 0.704. The first kappa shape index (κ1) is 19.5. The molecule has 27 heavy (non-hydrogen) atoms. The topological polar surface area (TPSA) is 93.5 Å². The van der Waals surface area contributed by atoms with Gasteiger partial charge in [-0.15, -0.1) is 0 Å².